The molecule has 142 valence electrons. The molecule has 1 atom stereocenters. The van der Waals surface area contributed by atoms with Crippen molar-refractivity contribution in [2.75, 3.05) is 17.9 Å². The average Bonchev–Trinajstić information content (AvgIpc) is 3.19. The Hall–Kier alpha value is -2.64. The maximum atomic E-state index is 12.5. The number of carbonyl (C=O) groups excluding carboxylic acids is 1. The zero-order chi connectivity index (χ0) is 19.1. The lowest BCUT2D eigenvalue weighted by Gasteiger charge is -2.13. The summed E-state index contributed by atoms with van der Waals surface area (Å²) in [7, 11) is -3.75. The molecule has 6 nitrogen and oxygen atoms in total. The van der Waals surface area contributed by atoms with Gasteiger partial charge in [0.15, 0.2) is 0 Å². The topological polar surface area (TPSA) is 84.5 Å². The van der Waals surface area contributed by atoms with Crippen LogP contribution in [0.3, 0.4) is 0 Å². The van der Waals surface area contributed by atoms with Crippen LogP contribution in [0.2, 0.25) is 0 Å². The van der Waals surface area contributed by atoms with Crippen molar-refractivity contribution in [3.63, 3.8) is 0 Å². The summed E-state index contributed by atoms with van der Waals surface area (Å²) in [6.45, 7) is 1.12. The predicted molar refractivity (Wildman–Crippen MR) is 106 cm³/mol. The van der Waals surface area contributed by atoms with E-state index in [4.69, 9.17) is 4.74 Å². The molecule has 0 unspecified atom stereocenters. The molecule has 0 aromatic heterocycles. The number of ether oxygens (including phenoxy) is 1. The van der Waals surface area contributed by atoms with Gasteiger partial charge in [0.1, 0.15) is 0 Å². The molecule has 27 heavy (non-hydrogen) atoms. The predicted octanol–water partition coefficient (Wildman–Crippen LogP) is 3.01. The third-order valence-electron chi connectivity index (χ3n) is 4.18. The van der Waals surface area contributed by atoms with Crippen LogP contribution in [0.5, 0.6) is 0 Å². The Balaban J connectivity index is 1.69. The summed E-state index contributed by atoms with van der Waals surface area (Å²) in [5.41, 5.74) is 1.28. The van der Waals surface area contributed by atoms with Crippen molar-refractivity contribution in [2.45, 2.75) is 18.9 Å². The molecule has 0 bridgehead atoms. The molecule has 0 aliphatic carbocycles. The van der Waals surface area contributed by atoms with Gasteiger partial charge in [-0.05, 0) is 36.6 Å². The maximum absolute atomic E-state index is 12.5. The number of hydrogen-bond donors (Lipinski definition) is 2. The van der Waals surface area contributed by atoms with Gasteiger partial charge in [-0.1, -0.05) is 42.5 Å². The second kappa shape index (κ2) is 8.83. The van der Waals surface area contributed by atoms with Crippen LogP contribution in [0.15, 0.2) is 60.0 Å². The molecule has 2 N–H and O–H groups in total. The molecule has 0 saturated carbocycles. The molecule has 0 spiro atoms. The molecule has 1 saturated heterocycles. The van der Waals surface area contributed by atoms with Crippen molar-refractivity contribution in [2.24, 2.45) is 0 Å². The fraction of sp³-hybridized carbons (Fsp3) is 0.250. The second-order valence-electron chi connectivity index (χ2n) is 6.25. The van der Waals surface area contributed by atoms with Crippen molar-refractivity contribution in [1.82, 2.24) is 5.32 Å². The minimum atomic E-state index is -3.75. The Kier molecular flexibility index (Phi) is 6.26. The first-order valence-electron chi connectivity index (χ1n) is 8.78. The Morgan fingerprint density at radius 2 is 1.85 bits per heavy atom. The Morgan fingerprint density at radius 3 is 2.59 bits per heavy atom. The number of benzene rings is 2. The van der Waals surface area contributed by atoms with E-state index in [1.807, 2.05) is 18.2 Å². The van der Waals surface area contributed by atoms with E-state index in [1.165, 1.54) is 6.08 Å². The molecule has 2 aromatic rings. The molecule has 1 amide bonds. The number of carbonyl (C=O) groups is 1. The van der Waals surface area contributed by atoms with Crippen molar-refractivity contribution in [1.29, 1.82) is 0 Å². The van der Waals surface area contributed by atoms with Crippen molar-refractivity contribution >= 4 is 27.7 Å². The molecule has 3 rings (SSSR count). The number of nitrogens with one attached hydrogen (secondary N) is 2. The van der Waals surface area contributed by atoms with Crippen molar-refractivity contribution in [3.05, 3.63) is 71.1 Å². The van der Waals surface area contributed by atoms with Crippen LogP contribution in [-0.4, -0.2) is 33.6 Å². The number of sulfonamides is 1. The monoisotopic (exact) mass is 386 g/mol. The quantitative estimate of drug-likeness (QED) is 0.766. The van der Waals surface area contributed by atoms with Gasteiger partial charge in [-0.15, -0.1) is 0 Å². The summed E-state index contributed by atoms with van der Waals surface area (Å²) in [5.74, 6) is -0.337. The molecule has 1 heterocycles. The number of para-hydroxylation sites is 1. The summed E-state index contributed by atoms with van der Waals surface area (Å²) < 4.78 is 32.7. The Bertz CT molecular complexity index is 905. The number of rotatable bonds is 7. The van der Waals surface area contributed by atoms with Crippen LogP contribution in [0.25, 0.3) is 6.08 Å². The standard InChI is InChI=1S/C20H22N2O4S/c23-20(21-15-17-9-6-13-26-17)18-10-4-5-11-19(18)22-27(24,25)14-12-16-7-2-1-3-8-16/h1-5,7-8,10-12,14,17,22H,6,9,13,15H2,(H,21,23)/b14-12+/t17-/m0/s1. The highest BCUT2D eigenvalue weighted by atomic mass is 32.2. The fourth-order valence-corrected chi connectivity index (χ4v) is 3.69. The summed E-state index contributed by atoms with van der Waals surface area (Å²) in [6.07, 6.45) is 3.43. The maximum Gasteiger partial charge on any atom is 0.255 e. The van der Waals surface area contributed by atoms with Gasteiger partial charge in [-0.25, -0.2) is 8.42 Å². The van der Waals surface area contributed by atoms with Gasteiger partial charge < -0.3 is 10.1 Å². The summed E-state index contributed by atoms with van der Waals surface area (Å²) >= 11 is 0. The van der Waals surface area contributed by atoms with Gasteiger partial charge in [0.05, 0.1) is 22.8 Å². The Labute approximate surface area is 159 Å². The third kappa shape index (κ3) is 5.67. The lowest BCUT2D eigenvalue weighted by molar-refractivity contribution is 0.0858. The van der Waals surface area contributed by atoms with Crippen LogP contribution in [0.4, 0.5) is 5.69 Å². The van der Waals surface area contributed by atoms with Gasteiger partial charge in [0.25, 0.3) is 15.9 Å². The Morgan fingerprint density at radius 1 is 1.11 bits per heavy atom. The van der Waals surface area contributed by atoms with Gasteiger partial charge >= 0.3 is 0 Å². The summed E-state index contributed by atoms with van der Waals surface area (Å²) in [6, 6.07) is 15.6. The summed E-state index contributed by atoms with van der Waals surface area (Å²) in [5, 5.41) is 3.89. The van der Waals surface area contributed by atoms with Crippen LogP contribution in [0.1, 0.15) is 28.8 Å². The fourth-order valence-electron chi connectivity index (χ4n) is 2.80. The van der Waals surface area contributed by atoms with Gasteiger partial charge in [-0.2, -0.15) is 0 Å². The molecule has 1 aliphatic rings. The van der Waals surface area contributed by atoms with Gasteiger partial charge in [0, 0.05) is 13.2 Å². The van der Waals surface area contributed by atoms with Crippen LogP contribution in [0, 0.1) is 0 Å². The zero-order valence-electron chi connectivity index (χ0n) is 14.8. The zero-order valence-corrected chi connectivity index (χ0v) is 15.6. The van der Waals surface area contributed by atoms with Crippen molar-refractivity contribution < 1.29 is 17.9 Å². The third-order valence-corrected chi connectivity index (χ3v) is 5.18. The minimum absolute atomic E-state index is 0.0200. The van der Waals surface area contributed by atoms with E-state index in [9.17, 15) is 13.2 Å². The van der Waals surface area contributed by atoms with E-state index in [0.29, 0.717) is 13.2 Å². The molecule has 1 aliphatic heterocycles. The first-order valence-corrected chi connectivity index (χ1v) is 10.3. The molecule has 1 fully saturated rings. The van der Waals surface area contributed by atoms with E-state index in [-0.39, 0.29) is 23.3 Å². The smallest absolute Gasteiger partial charge is 0.255 e. The van der Waals surface area contributed by atoms with Gasteiger partial charge in [0.2, 0.25) is 0 Å². The van der Waals surface area contributed by atoms with E-state index < -0.39 is 10.0 Å². The average molecular weight is 386 g/mol. The largest absolute Gasteiger partial charge is 0.376 e. The highest BCUT2D eigenvalue weighted by Gasteiger charge is 2.19. The van der Waals surface area contributed by atoms with E-state index in [0.717, 1.165) is 23.8 Å². The van der Waals surface area contributed by atoms with Gasteiger partial charge in [-0.3, -0.25) is 9.52 Å². The van der Waals surface area contributed by atoms with Crippen molar-refractivity contribution in [3.8, 4) is 0 Å². The lowest BCUT2D eigenvalue weighted by Crippen LogP contribution is -2.32. The summed E-state index contributed by atoms with van der Waals surface area (Å²) in [4.78, 5) is 12.5. The van der Waals surface area contributed by atoms with Crippen LogP contribution < -0.4 is 10.0 Å². The first-order chi connectivity index (χ1) is 13.0. The van der Waals surface area contributed by atoms with E-state index in [2.05, 4.69) is 10.0 Å². The highest BCUT2D eigenvalue weighted by molar-refractivity contribution is 7.95. The lowest BCUT2D eigenvalue weighted by atomic mass is 10.1. The first kappa shape index (κ1) is 19.1. The molecule has 7 heteroatoms. The van der Waals surface area contributed by atoms with Crippen LogP contribution in [-0.2, 0) is 14.8 Å². The van der Waals surface area contributed by atoms with E-state index >= 15 is 0 Å². The molecule has 2 aromatic carbocycles. The highest BCUT2D eigenvalue weighted by Crippen LogP contribution is 2.18. The number of anilines is 1. The normalized spacial score (nSPS) is 17.1. The molecular formula is C20H22N2O4S. The number of amides is 1. The minimum Gasteiger partial charge on any atom is -0.376 e. The molecular weight excluding hydrogens is 364 g/mol. The second-order valence-corrected chi connectivity index (χ2v) is 7.82. The number of hydrogen-bond acceptors (Lipinski definition) is 4. The van der Waals surface area contributed by atoms with Crippen LogP contribution >= 0.6 is 0 Å². The molecule has 0 radical (unpaired) electrons. The SMILES string of the molecule is O=C(NC[C@@H]1CCCO1)c1ccccc1NS(=O)(=O)/C=C/c1ccccc1. The van der Waals surface area contributed by atoms with E-state index in [1.54, 1.807) is 36.4 Å².